The lowest BCUT2D eigenvalue weighted by Gasteiger charge is -2.36. The van der Waals surface area contributed by atoms with Crippen molar-refractivity contribution in [2.75, 3.05) is 17.3 Å². The van der Waals surface area contributed by atoms with Gasteiger partial charge >= 0.3 is 6.18 Å². The third kappa shape index (κ3) is 4.28. The molecule has 0 bridgehead atoms. The molecule has 2 aliphatic rings. The molecule has 0 spiro atoms. The third-order valence-electron chi connectivity index (χ3n) is 5.85. The second-order valence-corrected chi connectivity index (χ2v) is 8.11. The van der Waals surface area contributed by atoms with E-state index in [1.807, 2.05) is 25.8 Å². The molecule has 7 nitrogen and oxygen atoms in total. The van der Waals surface area contributed by atoms with E-state index in [4.69, 9.17) is 9.72 Å². The first-order valence-electron chi connectivity index (χ1n) is 10.3. The van der Waals surface area contributed by atoms with E-state index in [-0.39, 0.29) is 18.1 Å². The number of carbonyl (C=O) groups excluding carboxylic acids is 1. The molecule has 2 aromatic heterocycles. The Morgan fingerprint density at radius 3 is 2.61 bits per heavy atom. The number of pyridine rings is 1. The molecule has 4 rings (SSSR count). The van der Waals surface area contributed by atoms with E-state index in [2.05, 4.69) is 15.3 Å². The number of amides is 1. The van der Waals surface area contributed by atoms with Gasteiger partial charge in [0, 0.05) is 13.5 Å². The van der Waals surface area contributed by atoms with Crippen LogP contribution in [0.1, 0.15) is 43.4 Å². The molecule has 1 fully saturated rings. The zero-order valence-corrected chi connectivity index (χ0v) is 17.5. The topological polar surface area (TPSA) is 80.2 Å². The van der Waals surface area contributed by atoms with E-state index < -0.39 is 11.9 Å². The van der Waals surface area contributed by atoms with E-state index in [0.29, 0.717) is 36.0 Å². The minimum atomic E-state index is -4.46. The van der Waals surface area contributed by atoms with Crippen molar-refractivity contribution in [1.82, 2.24) is 15.0 Å². The van der Waals surface area contributed by atoms with Crippen molar-refractivity contribution in [3.05, 3.63) is 35.5 Å². The highest BCUT2D eigenvalue weighted by Gasteiger charge is 2.35. The average Bonchev–Trinajstić information content (AvgIpc) is 2.67. The third-order valence-corrected chi connectivity index (χ3v) is 5.85. The fourth-order valence-electron chi connectivity index (χ4n) is 4.10. The molecule has 166 valence electrons. The number of fused-ring (bicyclic) bond motifs is 1. The number of nitrogens with one attached hydrogen (secondary N) is 1. The molecular formula is C21H24F3N5O2. The number of hydrogen-bond acceptors (Lipinski definition) is 6. The van der Waals surface area contributed by atoms with E-state index in [9.17, 15) is 18.0 Å². The number of carbonyl (C=O) groups is 1. The maximum Gasteiger partial charge on any atom is 0.433 e. The van der Waals surface area contributed by atoms with Gasteiger partial charge in [-0.15, -0.1) is 0 Å². The first-order valence-corrected chi connectivity index (χ1v) is 10.3. The minimum Gasteiger partial charge on any atom is -0.489 e. The van der Waals surface area contributed by atoms with E-state index in [1.54, 1.807) is 0 Å². The molecule has 0 unspecified atom stereocenters. The number of ether oxygens (including phenoxy) is 1. The fraction of sp³-hybridized carbons (Fsp3) is 0.524. The van der Waals surface area contributed by atoms with Crippen LogP contribution >= 0.6 is 0 Å². The predicted octanol–water partition coefficient (Wildman–Crippen LogP) is 3.77. The van der Waals surface area contributed by atoms with Crippen LogP contribution in [-0.2, 0) is 17.4 Å². The molecule has 1 N–H and O–H groups in total. The van der Waals surface area contributed by atoms with Crippen molar-refractivity contribution in [3.63, 3.8) is 0 Å². The van der Waals surface area contributed by atoms with E-state index in [0.717, 1.165) is 36.6 Å². The number of likely N-dealkylation sites (N-methyl/N-ethyl adjacent to an activating group) is 1. The zero-order chi connectivity index (χ0) is 22.3. The molecule has 31 heavy (non-hydrogen) atoms. The van der Waals surface area contributed by atoms with Crippen LogP contribution in [0.4, 0.5) is 24.7 Å². The van der Waals surface area contributed by atoms with Gasteiger partial charge in [-0.05, 0) is 44.2 Å². The molecule has 1 saturated carbocycles. The lowest BCUT2D eigenvalue weighted by Crippen LogP contribution is -2.46. The first kappa shape index (κ1) is 21.3. The SMILES string of the molecule is CC[C@H]1C(=O)Nc2c(C)nc(CC3CC(Oc4ccc(C(F)(F)F)nc4)C3)nc2N1C. The van der Waals surface area contributed by atoms with Crippen molar-refractivity contribution in [1.29, 1.82) is 0 Å². The van der Waals surface area contributed by atoms with Gasteiger partial charge in [0.2, 0.25) is 5.91 Å². The number of halogens is 3. The molecule has 0 aromatic carbocycles. The molecule has 1 aliphatic heterocycles. The second-order valence-electron chi connectivity index (χ2n) is 8.11. The average molecular weight is 435 g/mol. The van der Waals surface area contributed by atoms with Gasteiger partial charge < -0.3 is 15.0 Å². The summed E-state index contributed by atoms with van der Waals surface area (Å²) in [6.07, 6.45) is -0.511. The van der Waals surface area contributed by atoms with Gasteiger partial charge in [-0.2, -0.15) is 13.2 Å². The van der Waals surface area contributed by atoms with Gasteiger partial charge in [0.1, 0.15) is 29.0 Å². The van der Waals surface area contributed by atoms with Crippen LogP contribution in [0, 0.1) is 12.8 Å². The molecule has 1 atom stereocenters. The summed E-state index contributed by atoms with van der Waals surface area (Å²) in [7, 11) is 1.87. The van der Waals surface area contributed by atoms with Crippen molar-refractivity contribution in [2.24, 2.45) is 5.92 Å². The number of rotatable bonds is 5. The summed E-state index contributed by atoms with van der Waals surface area (Å²) in [5.41, 5.74) is 0.459. The van der Waals surface area contributed by atoms with Crippen LogP contribution in [0.3, 0.4) is 0 Å². The largest absolute Gasteiger partial charge is 0.489 e. The van der Waals surface area contributed by atoms with Crippen molar-refractivity contribution in [3.8, 4) is 5.75 Å². The predicted molar refractivity (Wildman–Crippen MR) is 108 cm³/mol. The Morgan fingerprint density at radius 2 is 2.00 bits per heavy atom. The lowest BCUT2D eigenvalue weighted by atomic mass is 9.80. The van der Waals surface area contributed by atoms with Crippen molar-refractivity contribution < 1.29 is 22.7 Å². The Bertz CT molecular complexity index is 974. The van der Waals surface area contributed by atoms with E-state index in [1.165, 1.54) is 6.07 Å². The van der Waals surface area contributed by atoms with Crippen molar-refractivity contribution in [2.45, 2.75) is 57.9 Å². The molecule has 1 aliphatic carbocycles. The number of hydrogen-bond donors (Lipinski definition) is 1. The van der Waals surface area contributed by atoms with Gasteiger partial charge in [0.25, 0.3) is 0 Å². The van der Waals surface area contributed by atoms with Crippen LogP contribution in [0.25, 0.3) is 0 Å². The van der Waals surface area contributed by atoms with Crippen LogP contribution in [0.5, 0.6) is 5.75 Å². The van der Waals surface area contributed by atoms with Gasteiger partial charge in [-0.1, -0.05) is 6.92 Å². The highest BCUT2D eigenvalue weighted by Crippen LogP contribution is 2.36. The van der Waals surface area contributed by atoms with Gasteiger partial charge in [-0.25, -0.2) is 15.0 Å². The summed E-state index contributed by atoms with van der Waals surface area (Å²) >= 11 is 0. The minimum absolute atomic E-state index is 0.0475. The van der Waals surface area contributed by atoms with Crippen LogP contribution in [-0.4, -0.2) is 40.1 Å². The monoisotopic (exact) mass is 435 g/mol. The second kappa shape index (κ2) is 7.97. The van der Waals surface area contributed by atoms with Gasteiger partial charge in [0.05, 0.1) is 18.0 Å². The molecule has 0 saturated heterocycles. The summed E-state index contributed by atoms with van der Waals surface area (Å²) in [6.45, 7) is 3.82. The Balaban J connectivity index is 1.36. The summed E-state index contributed by atoms with van der Waals surface area (Å²) in [5, 5.41) is 2.91. The summed E-state index contributed by atoms with van der Waals surface area (Å²) in [5.74, 6) is 2.06. The maximum absolute atomic E-state index is 12.6. The smallest absolute Gasteiger partial charge is 0.433 e. The standard InChI is InChI=1S/C21H24F3N5O2/c1-4-15-20(30)28-18-11(2)26-17(27-19(18)29(15)3)9-12-7-14(8-12)31-13-5-6-16(25-10-13)21(22,23)24/h5-6,10,12,14-15H,4,7-9H2,1-3H3,(H,28,30)/t12?,14?,15-/m0/s1. The quantitative estimate of drug-likeness (QED) is 0.770. The van der Waals surface area contributed by atoms with Gasteiger partial charge in [-0.3, -0.25) is 4.79 Å². The van der Waals surface area contributed by atoms with Gasteiger partial charge in [0.15, 0.2) is 5.82 Å². The Hall–Kier alpha value is -2.91. The Morgan fingerprint density at radius 1 is 1.26 bits per heavy atom. The molecule has 1 amide bonds. The lowest BCUT2D eigenvalue weighted by molar-refractivity contribution is -0.141. The van der Waals surface area contributed by atoms with Crippen LogP contribution in [0.2, 0.25) is 0 Å². The first-order chi connectivity index (χ1) is 14.7. The van der Waals surface area contributed by atoms with Crippen LogP contribution in [0.15, 0.2) is 18.3 Å². The number of aryl methyl sites for hydroxylation is 1. The zero-order valence-electron chi connectivity index (χ0n) is 17.5. The summed E-state index contributed by atoms with van der Waals surface area (Å²) in [6, 6.07) is 1.97. The summed E-state index contributed by atoms with van der Waals surface area (Å²) in [4.78, 5) is 26.8. The van der Waals surface area contributed by atoms with E-state index >= 15 is 0 Å². The fourth-order valence-corrected chi connectivity index (χ4v) is 4.10. The number of alkyl halides is 3. The Kier molecular flexibility index (Phi) is 5.49. The number of anilines is 2. The highest BCUT2D eigenvalue weighted by atomic mass is 19.4. The molecule has 2 aromatic rings. The summed E-state index contributed by atoms with van der Waals surface area (Å²) < 4.78 is 43.5. The number of nitrogens with zero attached hydrogens (tertiary/aromatic N) is 4. The number of aromatic nitrogens is 3. The molecule has 0 radical (unpaired) electrons. The maximum atomic E-state index is 12.6. The van der Waals surface area contributed by atoms with Crippen molar-refractivity contribution >= 4 is 17.4 Å². The normalized spacial score (nSPS) is 23.1. The Labute approximate surface area is 178 Å². The highest BCUT2D eigenvalue weighted by molar-refractivity contribution is 6.03. The molecule has 10 heteroatoms. The molecular weight excluding hydrogens is 411 g/mol. The van der Waals surface area contributed by atoms with Crippen LogP contribution < -0.4 is 15.0 Å². The molecule has 3 heterocycles.